The van der Waals surface area contributed by atoms with Gasteiger partial charge in [-0.2, -0.15) is 8.42 Å². The van der Waals surface area contributed by atoms with Gasteiger partial charge in [-0.15, -0.1) is 11.3 Å². The Kier molecular flexibility index (Phi) is 13.5. The summed E-state index contributed by atoms with van der Waals surface area (Å²) in [6.45, 7) is 7.76. The van der Waals surface area contributed by atoms with Crippen molar-refractivity contribution in [3.63, 3.8) is 0 Å². The Hall–Kier alpha value is -6.91. The topological polar surface area (TPSA) is 255 Å². The Bertz CT molecular complexity index is 3140. The lowest BCUT2D eigenvalue weighted by Gasteiger charge is -2.44. The number of aryl methyl sites for hydroxylation is 1. The average Bonchev–Trinajstić information content (AvgIpc) is 3.90. The van der Waals surface area contributed by atoms with E-state index < -0.39 is 88.9 Å². The van der Waals surface area contributed by atoms with Crippen LogP contribution in [0.15, 0.2) is 47.3 Å². The summed E-state index contributed by atoms with van der Waals surface area (Å²) >= 11 is 0.901. The molecule has 20 nitrogen and oxygen atoms in total. The van der Waals surface area contributed by atoms with E-state index in [-0.39, 0.29) is 56.7 Å². The SMILES string of the molecule is CCc1c2c(nc3ccc(OS(=O)(=O)Cc4ccc(O[C@@H]5O[C@H](COC(C)=O)[C@H](OC(C)=O)[C@H](OC(C)=O)[C@H]5OC(C)=O)c5cc(C(=O)OC)sc45)cc13)-c1cc3c(c(=O)n1C2)COC(=O)[C@@H]3CC. The average molecular weight is 991 g/mol. The van der Waals surface area contributed by atoms with Crippen LogP contribution < -0.4 is 14.5 Å². The summed E-state index contributed by atoms with van der Waals surface area (Å²) in [4.78, 5) is 93.2. The lowest BCUT2D eigenvalue weighted by atomic mass is 9.90. The van der Waals surface area contributed by atoms with Gasteiger partial charge in [0, 0.05) is 48.7 Å². The maximum atomic E-state index is 14.0. The molecule has 2 aromatic carbocycles. The molecule has 1 saturated heterocycles. The van der Waals surface area contributed by atoms with E-state index in [1.165, 1.54) is 31.4 Å². The number of thiophene rings is 1. The molecule has 3 aliphatic rings. The molecule has 22 heteroatoms. The standard InChI is InChI=1S/C47H46N2O18S2/c1-8-27-30-14-26(11-12-34(30)48-39-32(27)17-49-35(39)15-29-28(9-2)45(55)61-18-33(29)44(49)54)67-69(57,58)20-25-10-13-36(31-16-38(46(56)59-7)68-43(25)31)65-47-42(64-24(6)53)41(63-23(5)52)40(62-22(4)51)37(66-47)19-60-21(3)50/h10-16,28,37,40-42,47H,8-9,17-20H2,1-7H3/t28-,37-,40+,41+,42-,47-/m1/s1. The summed E-state index contributed by atoms with van der Waals surface area (Å²) < 4.78 is 80.0. The van der Waals surface area contributed by atoms with E-state index in [1.807, 2.05) is 19.9 Å². The fourth-order valence-corrected chi connectivity index (χ4v) is 11.2. The van der Waals surface area contributed by atoms with Crippen molar-refractivity contribution >= 4 is 78.3 Å². The molecule has 0 unspecified atom stereocenters. The zero-order chi connectivity index (χ0) is 49.6. The number of benzene rings is 2. The lowest BCUT2D eigenvalue weighted by molar-refractivity contribution is -0.288. The van der Waals surface area contributed by atoms with Gasteiger partial charge in [0.25, 0.3) is 5.56 Å². The lowest BCUT2D eigenvalue weighted by Crippen LogP contribution is -2.63. The number of carbonyl (C=O) groups excluding carboxylic acids is 6. The molecule has 3 aliphatic heterocycles. The highest BCUT2D eigenvalue weighted by atomic mass is 32.2. The predicted molar refractivity (Wildman–Crippen MR) is 242 cm³/mol. The van der Waals surface area contributed by atoms with Crippen LogP contribution in [0.1, 0.15) is 91.4 Å². The van der Waals surface area contributed by atoms with Gasteiger partial charge in [-0.05, 0) is 65.9 Å². The molecule has 69 heavy (non-hydrogen) atoms. The summed E-state index contributed by atoms with van der Waals surface area (Å²) in [5.74, 6) is -5.67. The number of methoxy groups -OCH3 is 1. The second-order valence-electron chi connectivity index (χ2n) is 16.4. The van der Waals surface area contributed by atoms with Crippen molar-refractivity contribution in [2.24, 2.45) is 0 Å². The van der Waals surface area contributed by atoms with Crippen LogP contribution in [-0.2, 0) is 92.6 Å². The molecule has 1 fully saturated rings. The van der Waals surface area contributed by atoms with E-state index in [0.717, 1.165) is 50.2 Å². The van der Waals surface area contributed by atoms with Gasteiger partial charge < -0.3 is 46.6 Å². The van der Waals surface area contributed by atoms with E-state index >= 15 is 0 Å². The number of nitrogens with zero attached hydrogens (tertiary/aromatic N) is 2. The molecule has 0 spiro atoms. The minimum Gasteiger partial charge on any atom is -0.465 e. The Balaban J connectivity index is 1.11. The van der Waals surface area contributed by atoms with Gasteiger partial charge >= 0.3 is 45.9 Å². The minimum absolute atomic E-state index is 0.00942. The maximum absolute atomic E-state index is 14.0. The Labute approximate surface area is 397 Å². The van der Waals surface area contributed by atoms with Crippen molar-refractivity contribution in [1.29, 1.82) is 0 Å². The molecule has 8 rings (SSSR count). The van der Waals surface area contributed by atoms with E-state index in [4.69, 9.17) is 47.1 Å². The number of hydrogen-bond acceptors (Lipinski definition) is 20. The van der Waals surface area contributed by atoms with Crippen LogP contribution in [0, 0.1) is 0 Å². The molecule has 0 saturated carbocycles. The van der Waals surface area contributed by atoms with Crippen LogP contribution in [0.2, 0.25) is 0 Å². The molecule has 0 amide bonds. The van der Waals surface area contributed by atoms with Crippen LogP contribution in [0.25, 0.3) is 32.4 Å². The van der Waals surface area contributed by atoms with Gasteiger partial charge in [-0.3, -0.25) is 28.8 Å². The molecular weight excluding hydrogens is 945 g/mol. The molecule has 0 radical (unpaired) electrons. The molecule has 6 heterocycles. The number of ether oxygens (including phenoxy) is 8. The monoisotopic (exact) mass is 990 g/mol. The normalized spacial score (nSPS) is 20.5. The summed E-state index contributed by atoms with van der Waals surface area (Å²) in [6.07, 6.45) is -6.57. The highest BCUT2D eigenvalue weighted by Crippen LogP contribution is 2.42. The van der Waals surface area contributed by atoms with Gasteiger partial charge in [-0.25, -0.2) is 9.78 Å². The number of carbonyl (C=O) groups is 6. The number of rotatable bonds is 14. The molecule has 364 valence electrons. The zero-order valence-corrected chi connectivity index (χ0v) is 39.9. The quantitative estimate of drug-likeness (QED) is 0.0798. The van der Waals surface area contributed by atoms with Gasteiger partial charge in [-0.1, -0.05) is 19.9 Å². The van der Waals surface area contributed by atoms with Crippen molar-refractivity contribution in [2.75, 3.05) is 13.7 Å². The fourth-order valence-electron chi connectivity index (χ4n) is 8.97. The summed E-state index contributed by atoms with van der Waals surface area (Å²) in [5, 5.41) is 0.816. The van der Waals surface area contributed by atoms with Crippen LogP contribution in [0.5, 0.6) is 11.5 Å². The smallest absolute Gasteiger partial charge is 0.348 e. The second-order valence-corrected chi connectivity index (χ2v) is 19.0. The first-order valence-corrected chi connectivity index (χ1v) is 24.1. The Morgan fingerprint density at radius 2 is 1.57 bits per heavy atom. The molecule has 0 bridgehead atoms. The zero-order valence-electron chi connectivity index (χ0n) is 38.3. The van der Waals surface area contributed by atoms with E-state index in [0.29, 0.717) is 46.3 Å². The van der Waals surface area contributed by atoms with Gasteiger partial charge in [0.1, 0.15) is 41.4 Å². The van der Waals surface area contributed by atoms with Crippen LogP contribution in [0.4, 0.5) is 0 Å². The molecule has 0 aliphatic carbocycles. The third kappa shape index (κ3) is 9.60. The summed E-state index contributed by atoms with van der Waals surface area (Å²) in [7, 11) is -3.28. The van der Waals surface area contributed by atoms with Gasteiger partial charge in [0.05, 0.1) is 42.0 Å². The van der Waals surface area contributed by atoms with E-state index in [9.17, 15) is 42.0 Å². The van der Waals surface area contributed by atoms with Gasteiger partial charge in [0.2, 0.25) is 12.4 Å². The highest BCUT2D eigenvalue weighted by Gasteiger charge is 2.53. The Morgan fingerprint density at radius 3 is 2.23 bits per heavy atom. The first-order valence-electron chi connectivity index (χ1n) is 21.7. The maximum Gasteiger partial charge on any atom is 0.348 e. The molecule has 5 aromatic rings. The largest absolute Gasteiger partial charge is 0.465 e. The van der Waals surface area contributed by atoms with Crippen LogP contribution >= 0.6 is 11.3 Å². The number of cyclic esters (lactones) is 1. The van der Waals surface area contributed by atoms with Crippen molar-refractivity contribution < 1.29 is 79.3 Å². The van der Waals surface area contributed by atoms with Crippen LogP contribution in [-0.4, -0.2) is 98.2 Å². The summed E-state index contributed by atoms with van der Waals surface area (Å²) in [6, 6.07) is 10.7. The van der Waals surface area contributed by atoms with Crippen molar-refractivity contribution in [3.8, 4) is 22.9 Å². The van der Waals surface area contributed by atoms with E-state index in [2.05, 4.69) is 0 Å². The number of aromatic nitrogens is 2. The Morgan fingerprint density at radius 1 is 0.855 bits per heavy atom. The second kappa shape index (κ2) is 19.2. The third-order valence-corrected chi connectivity index (χ3v) is 14.1. The number of esters is 6. The van der Waals surface area contributed by atoms with Gasteiger partial charge in [0.15, 0.2) is 12.2 Å². The number of pyridine rings is 2. The fraction of sp³-hybridized carbons (Fsp3) is 0.404. The number of fused-ring (bicyclic) bond motifs is 6. The van der Waals surface area contributed by atoms with Crippen molar-refractivity contribution in [2.45, 2.75) is 110 Å². The highest BCUT2D eigenvalue weighted by molar-refractivity contribution is 7.86. The number of hydrogen-bond donors (Lipinski definition) is 0. The molecular formula is C47H46N2O18S2. The van der Waals surface area contributed by atoms with Crippen LogP contribution in [0.3, 0.4) is 0 Å². The molecule has 6 atom stereocenters. The predicted octanol–water partition coefficient (Wildman–Crippen LogP) is 4.91. The third-order valence-electron chi connectivity index (χ3n) is 11.8. The van der Waals surface area contributed by atoms with Crippen molar-refractivity contribution in [3.05, 3.63) is 85.5 Å². The first-order chi connectivity index (χ1) is 32.8. The molecule has 3 aromatic heterocycles. The first kappa shape index (κ1) is 48.5. The van der Waals surface area contributed by atoms with E-state index in [1.54, 1.807) is 16.7 Å². The molecule has 0 N–H and O–H groups in total. The van der Waals surface area contributed by atoms with Crippen molar-refractivity contribution in [1.82, 2.24) is 9.55 Å². The summed E-state index contributed by atoms with van der Waals surface area (Å²) in [5.41, 5.74) is 4.35. The minimum atomic E-state index is -4.45.